The lowest BCUT2D eigenvalue weighted by molar-refractivity contribution is -0.131. The number of nitrogens with zero attached hydrogens (tertiary/aromatic N) is 3. The molecular weight excluding hydrogens is 761 g/mol. The van der Waals surface area contributed by atoms with Gasteiger partial charge in [-0.05, 0) is 86.6 Å². The third-order valence-electron chi connectivity index (χ3n) is 9.24. The molecule has 16 heteroatoms. The largest absolute Gasteiger partial charge is 0.423 e. The van der Waals surface area contributed by atoms with Crippen molar-refractivity contribution in [2.24, 2.45) is 0 Å². The van der Waals surface area contributed by atoms with Crippen molar-refractivity contribution in [3.05, 3.63) is 118 Å². The second-order valence-electron chi connectivity index (χ2n) is 13.1. The van der Waals surface area contributed by atoms with E-state index in [1.54, 1.807) is 54.9 Å². The molecule has 4 heterocycles. The van der Waals surface area contributed by atoms with Gasteiger partial charge in [-0.15, -0.1) is 11.3 Å². The minimum atomic E-state index is -0.835. The number of hydrogen-bond acceptors (Lipinski definition) is 11. The number of H-pyrrole nitrogens is 1. The highest BCUT2D eigenvalue weighted by molar-refractivity contribution is 7.14. The average molecular weight is 803 g/mol. The van der Waals surface area contributed by atoms with Crippen LogP contribution >= 0.6 is 11.3 Å². The Balaban J connectivity index is 0.992. The quantitative estimate of drug-likeness (QED) is 0.0469. The number of rotatable bonds is 15. The molecule has 3 aromatic heterocycles. The number of likely N-dealkylation sites (N-methyl/N-ethyl adjacent to an activating group) is 1. The first-order chi connectivity index (χ1) is 28.0. The molecule has 15 nitrogen and oxygen atoms in total. The van der Waals surface area contributed by atoms with Crippen LogP contribution in [0, 0.1) is 13.8 Å². The van der Waals surface area contributed by atoms with E-state index >= 15 is 0 Å². The van der Waals surface area contributed by atoms with E-state index in [0.717, 1.165) is 48.6 Å². The van der Waals surface area contributed by atoms with E-state index in [1.165, 1.54) is 17.4 Å². The summed E-state index contributed by atoms with van der Waals surface area (Å²) in [5.41, 5.74) is 6.23. The number of thiazole rings is 1. The van der Waals surface area contributed by atoms with Crippen molar-refractivity contribution < 1.29 is 33.4 Å². The molecule has 0 spiro atoms. The first kappa shape index (κ1) is 40.7. The Bertz CT molecular complexity index is 2380. The highest BCUT2D eigenvalue weighted by atomic mass is 32.1. The molecular formula is C42H42N8O7S. The van der Waals surface area contributed by atoms with Crippen LogP contribution in [0.5, 0.6) is 11.5 Å². The molecule has 0 radical (unpaired) electrons. The number of nitrogens with one attached hydrogen (secondary N) is 5. The first-order valence-corrected chi connectivity index (χ1v) is 19.4. The van der Waals surface area contributed by atoms with Crippen molar-refractivity contribution in [1.29, 1.82) is 0 Å². The van der Waals surface area contributed by atoms with Gasteiger partial charge in [0.05, 0.1) is 16.8 Å². The molecule has 1 aliphatic rings. The van der Waals surface area contributed by atoms with E-state index in [1.807, 2.05) is 31.4 Å². The van der Waals surface area contributed by atoms with E-state index in [2.05, 4.69) is 55.0 Å². The third kappa shape index (κ3) is 10.3. The Morgan fingerprint density at radius 3 is 2.29 bits per heavy atom. The van der Waals surface area contributed by atoms with E-state index in [-0.39, 0.29) is 29.9 Å². The lowest BCUT2D eigenvalue weighted by atomic mass is 10.0. The van der Waals surface area contributed by atoms with Crippen molar-refractivity contribution in [2.75, 3.05) is 36.8 Å². The number of fused-ring (bicyclic) bond motifs is 1. The summed E-state index contributed by atoms with van der Waals surface area (Å²) >= 11 is 1.30. The summed E-state index contributed by atoms with van der Waals surface area (Å²) in [6.07, 6.45) is 6.90. The number of carbonyl (C=O) groups is 5. The number of amides is 4. The Hall–Kier alpha value is -6.91. The van der Waals surface area contributed by atoms with Crippen LogP contribution in [0.4, 0.5) is 15.6 Å². The van der Waals surface area contributed by atoms with Gasteiger partial charge in [-0.25, -0.2) is 19.4 Å². The van der Waals surface area contributed by atoms with Crippen LogP contribution in [0.1, 0.15) is 52.3 Å². The SMILES string of the molecule is CCN(CC)CCNC(=O)c1c(C)[nH]c(/C=C2\C(=O)Nc3ccc(OC(=O)/C=C/C(=O)Oc4ccc(CNC(=O)Nc5nc(-c6ccncc6)cs5)cc4)cc32)c1C. The number of aromatic amines is 1. The van der Waals surface area contributed by atoms with Crippen LogP contribution in [-0.4, -0.2) is 75.8 Å². The van der Waals surface area contributed by atoms with Gasteiger partial charge in [0.1, 0.15) is 11.5 Å². The second-order valence-corrected chi connectivity index (χ2v) is 13.9. The number of aryl methyl sites for hydroxylation is 1. The van der Waals surface area contributed by atoms with E-state index in [9.17, 15) is 24.0 Å². The van der Waals surface area contributed by atoms with Gasteiger partial charge in [0.15, 0.2) is 5.13 Å². The molecule has 58 heavy (non-hydrogen) atoms. The molecule has 4 amide bonds. The van der Waals surface area contributed by atoms with Crippen molar-refractivity contribution in [2.45, 2.75) is 34.2 Å². The molecule has 2 aromatic carbocycles. The van der Waals surface area contributed by atoms with Crippen molar-refractivity contribution in [3.63, 3.8) is 0 Å². The average Bonchev–Trinajstić information content (AvgIpc) is 3.89. The van der Waals surface area contributed by atoms with Crippen molar-refractivity contribution >= 4 is 63.6 Å². The van der Waals surface area contributed by atoms with Gasteiger partial charge in [0.2, 0.25) is 0 Å². The molecule has 0 atom stereocenters. The molecule has 0 unspecified atom stereocenters. The van der Waals surface area contributed by atoms with Gasteiger partial charge >= 0.3 is 18.0 Å². The number of pyridine rings is 1. The molecule has 6 rings (SSSR count). The van der Waals surface area contributed by atoms with Crippen molar-refractivity contribution in [3.8, 4) is 22.8 Å². The Labute approximate surface area is 338 Å². The second kappa shape index (κ2) is 18.8. The molecule has 0 bridgehead atoms. The van der Waals surface area contributed by atoms with E-state index < -0.39 is 18.0 Å². The van der Waals surface area contributed by atoms with Crippen LogP contribution < -0.4 is 30.7 Å². The fraction of sp³-hybridized carbons (Fsp3) is 0.214. The van der Waals surface area contributed by atoms with Gasteiger partial charge in [-0.2, -0.15) is 0 Å². The summed E-state index contributed by atoms with van der Waals surface area (Å²) in [6, 6.07) is 14.4. The maximum absolute atomic E-state index is 13.1. The Morgan fingerprint density at radius 2 is 1.59 bits per heavy atom. The van der Waals surface area contributed by atoms with Crippen LogP contribution in [-0.2, 0) is 20.9 Å². The summed E-state index contributed by atoms with van der Waals surface area (Å²) in [5.74, 6) is -1.81. The van der Waals surface area contributed by atoms with Crippen LogP contribution in [0.2, 0.25) is 0 Å². The predicted molar refractivity (Wildman–Crippen MR) is 221 cm³/mol. The Morgan fingerprint density at radius 1 is 0.897 bits per heavy atom. The molecule has 0 fully saturated rings. The van der Waals surface area contributed by atoms with Gasteiger partial charge in [-0.3, -0.25) is 19.9 Å². The summed E-state index contributed by atoms with van der Waals surface area (Å²) < 4.78 is 10.7. The maximum Gasteiger partial charge on any atom is 0.336 e. The monoisotopic (exact) mass is 802 g/mol. The molecule has 0 saturated heterocycles. The summed E-state index contributed by atoms with van der Waals surface area (Å²) in [6.45, 7) is 11.0. The molecule has 1 aliphatic heterocycles. The van der Waals surface area contributed by atoms with Gasteiger partial charge in [0.25, 0.3) is 11.8 Å². The fourth-order valence-electron chi connectivity index (χ4n) is 6.16. The smallest absolute Gasteiger partial charge is 0.336 e. The van der Waals surface area contributed by atoms with Crippen molar-refractivity contribution in [1.82, 2.24) is 30.5 Å². The van der Waals surface area contributed by atoms with Crippen LogP contribution in [0.15, 0.2) is 84.5 Å². The molecule has 0 aliphatic carbocycles. The number of urea groups is 1. The lowest BCUT2D eigenvalue weighted by Gasteiger charge is -2.18. The maximum atomic E-state index is 13.1. The standard InChI is InChI=1S/C42H42N8O7S/c1-5-50(6-2)20-19-44-40(54)38-25(3)34(46-26(38)4)22-32-31-21-30(11-12-33(31)47-39(32)53)57-37(52)14-13-36(51)56-29-9-7-27(8-10-29)23-45-41(55)49-42-48-35(24-58-42)28-15-17-43-18-16-28/h7-18,21-22,24,46H,5-6,19-20,23H2,1-4H3,(H,44,54)(H,47,53)(H2,45,48,49,55)/b14-13+,32-22-. The minimum absolute atomic E-state index is 0.149. The molecule has 5 aromatic rings. The normalized spacial score (nSPS) is 12.7. The minimum Gasteiger partial charge on any atom is -0.423 e. The summed E-state index contributed by atoms with van der Waals surface area (Å²) in [4.78, 5) is 77.5. The molecule has 5 N–H and O–H groups in total. The first-order valence-electron chi connectivity index (χ1n) is 18.5. The number of ether oxygens (including phenoxy) is 2. The summed E-state index contributed by atoms with van der Waals surface area (Å²) in [7, 11) is 0. The third-order valence-corrected chi connectivity index (χ3v) is 10.0. The van der Waals surface area contributed by atoms with Gasteiger partial charge < -0.3 is 35.3 Å². The van der Waals surface area contributed by atoms with E-state index in [4.69, 9.17) is 9.47 Å². The van der Waals surface area contributed by atoms with Gasteiger partial charge in [0, 0.05) is 77.8 Å². The summed E-state index contributed by atoms with van der Waals surface area (Å²) in [5, 5.41) is 13.6. The highest BCUT2D eigenvalue weighted by Crippen LogP contribution is 2.36. The topological polar surface area (TPSA) is 197 Å². The lowest BCUT2D eigenvalue weighted by Crippen LogP contribution is -2.35. The molecule has 0 saturated carbocycles. The number of aromatic nitrogens is 3. The highest BCUT2D eigenvalue weighted by Gasteiger charge is 2.27. The zero-order valence-corrected chi connectivity index (χ0v) is 33.1. The zero-order valence-electron chi connectivity index (χ0n) is 32.3. The van der Waals surface area contributed by atoms with E-state index in [0.29, 0.717) is 51.0 Å². The number of anilines is 2. The number of hydrogen-bond donors (Lipinski definition) is 5. The fourth-order valence-corrected chi connectivity index (χ4v) is 6.87. The zero-order chi connectivity index (χ0) is 41.2. The predicted octanol–water partition coefficient (Wildman–Crippen LogP) is 6.10. The van der Waals surface area contributed by atoms with Crippen LogP contribution in [0.25, 0.3) is 22.9 Å². The van der Waals surface area contributed by atoms with Crippen LogP contribution in [0.3, 0.4) is 0 Å². The number of carbonyl (C=O) groups excluding carboxylic acids is 5. The Kier molecular flexibility index (Phi) is 13.2. The number of esters is 2. The molecule has 298 valence electrons. The van der Waals surface area contributed by atoms with Gasteiger partial charge in [-0.1, -0.05) is 26.0 Å². The number of benzene rings is 2.